The SMILES string of the molecule is COC(=O)C(C(=O)OCc1ccccc1)=C(N)C1CCCN(C(=O)OC(C)(C)C)C1. The average molecular weight is 418 g/mol. The van der Waals surface area contributed by atoms with Crippen molar-refractivity contribution in [2.45, 2.75) is 45.8 Å². The normalized spacial score (nSPS) is 17.6. The Balaban J connectivity index is 2.16. The lowest BCUT2D eigenvalue weighted by molar-refractivity contribution is -0.146. The summed E-state index contributed by atoms with van der Waals surface area (Å²) in [5, 5.41) is 0. The highest BCUT2D eigenvalue weighted by Crippen LogP contribution is 2.25. The van der Waals surface area contributed by atoms with Gasteiger partial charge in [0.15, 0.2) is 5.57 Å². The van der Waals surface area contributed by atoms with Crippen molar-refractivity contribution < 1.29 is 28.6 Å². The van der Waals surface area contributed by atoms with Gasteiger partial charge in [-0.25, -0.2) is 14.4 Å². The Labute approximate surface area is 176 Å². The number of amides is 1. The molecule has 0 saturated carbocycles. The molecule has 8 heteroatoms. The monoisotopic (exact) mass is 418 g/mol. The fourth-order valence-corrected chi connectivity index (χ4v) is 3.14. The van der Waals surface area contributed by atoms with Crippen LogP contribution in [0.3, 0.4) is 0 Å². The van der Waals surface area contributed by atoms with Crippen LogP contribution in [-0.4, -0.2) is 48.7 Å². The first-order chi connectivity index (χ1) is 14.1. The Hall–Kier alpha value is -3.03. The molecular weight excluding hydrogens is 388 g/mol. The van der Waals surface area contributed by atoms with Gasteiger partial charge in [0.1, 0.15) is 12.2 Å². The van der Waals surface area contributed by atoms with Crippen LogP contribution < -0.4 is 5.73 Å². The summed E-state index contributed by atoms with van der Waals surface area (Å²) >= 11 is 0. The zero-order valence-electron chi connectivity index (χ0n) is 18.0. The highest BCUT2D eigenvalue weighted by atomic mass is 16.6. The third kappa shape index (κ3) is 6.50. The zero-order valence-corrected chi connectivity index (χ0v) is 18.0. The second-order valence-corrected chi connectivity index (χ2v) is 8.15. The first-order valence-corrected chi connectivity index (χ1v) is 9.89. The lowest BCUT2D eigenvalue weighted by atomic mass is 9.92. The van der Waals surface area contributed by atoms with E-state index >= 15 is 0 Å². The number of piperidine rings is 1. The summed E-state index contributed by atoms with van der Waals surface area (Å²) in [6.45, 7) is 6.14. The average Bonchev–Trinajstić information content (AvgIpc) is 2.71. The second kappa shape index (κ2) is 10.1. The Morgan fingerprint density at radius 1 is 1.13 bits per heavy atom. The number of hydrogen-bond acceptors (Lipinski definition) is 7. The molecule has 1 fully saturated rings. The zero-order chi connectivity index (χ0) is 22.3. The summed E-state index contributed by atoms with van der Waals surface area (Å²) in [5.41, 5.74) is 6.12. The molecule has 30 heavy (non-hydrogen) atoms. The maximum atomic E-state index is 12.6. The van der Waals surface area contributed by atoms with Crippen LogP contribution in [0.2, 0.25) is 0 Å². The smallest absolute Gasteiger partial charge is 0.410 e. The molecule has 164 valence electrons. The Morgan fingerprint density at radius 3 is 2.40 bits per heavy atom. The molecule has 1 aromatic rings. The lowest BCUT2D eigenvalue weighted by Crippen LogP contribution is -2.44. The van der Waals surface area contributed by atoms with Crippen molar-refractivity contribution in [2.24, 2.45) is 11.7 Å². The highest BCUT2D eigenvalue weighted by Gasteiger charge is 2.33. The minimum atomic E-state index is -0.861. The Bertz CT molecular complexity index is 798. The van der Waals surface area contributed by atoms with Gasteiger partial charge in [0, 0.05) is 24.7 Å². The van der Waals surface area contributed by atoms with Crippen LogP contribution >= 0.6 is 0 Å². The van der Waals surface area contributed by atoms with Gasteiger partial charge in [-0.2, -0.15) is 0 Å². The first-order valence-electron chi connectivity index (χ1n) is 9.89. The number of esters is 2. The van der Waals surface area contributed by atoms with Crippen LogP contribution in [0, 0.1) is 5.92 Å². The van der Waals surface area contributed by atoms with E-state index in [4.69, 9.17) is 19.9 Å². The number of nitrogens with zero attached hydrogens (tertiary/aromatic N) is 1. The van der Waals surface area contributed by atoms with Crippen molar-refractivity contribution in [1.82, 2.24) is 4.90 Å². The summed E-state index contributed by atoms with van der Waals surface area (Å²) in [6, 6.07) is 9.10. The Kier molecular flexibility index (Phi) is 7.86. The molecule has 1 heterocycles. The van der Waals surface area contributed by atoms with Crippen molar-refractivity contribution in [1.29, 1.82) is 0 Å². The molecule has 1 amide bonds. The quantitative estimate of drug-likeness (QED) is 0.257. The second-order valence-electron chi connectivity index (χ2n) is 8.15. The molecule has 1 aromatic carbocycles. The minimum absolute atomic E-state index is 0.00213. The first kappa shape index (κ1) is 23.3. The number of carbonyl (C=O) groups excluding carboxylic acids is 3. The van der Waals surface area contributed by atoms with Crippen LogP contribution in [0.25, 0.3) is 0 Å². The molecule has 1 unspecified atom stereocenters. The van der Waals surface area contributed by atoms with E-state index in [1.807, 2.05) is 18.2 Å². The predicted octanol–water partition coefficient (Wildman–Crippen LogP) is 2.76. The number of methoxy groups -OCH3 is 1. The van der Waals surface area contributed by atoms with Crippen LogP contribution in [0.4, 0.5) is 4.79 Å². The molecule has 1 aliphatic heterocycles. The fraction of sp³-hybridized carbons (Fsp3) is 0.500. The summed E-state index contributed by atoms with van der Waals surface area (Å²) in [4.78, 5) is 38.9. The maximum absolute atomic E-state index is 12.6. The number of ether oxygens (including phenoxy) is 3. The van der Waals surface area contributed by atoms with E-state index in [0.717, 1.165) is 5.56 Å². The molecule has 1 aliphatic rings. The lowest BCUT2D eigenvalue weighted by Gasteiger charge is -2.34. The number of benzene rings is 1. The van der Waals surface area contributed by atoms with Crippen LogP contribution in [0.5, 0.6) is 0 Å². The third-order valence-corrected chi connectivity index (χ3v) is 4.61. The number of likely N-dealkylation sites (tertiary alicyclic amines) is 1. The van der Waals surface area contributed by atoms with Crippen molar-refractivity contribution in [3.05, 3.63) is 47.2 Å². The summed E-state index contributed by atoms with van der Waals surface area (Å²) in [5.74, 6) is -2.10. The van der Waals surface area contributed by atoms with Crippen molar-refractivity contribution in [2.75, 3.05) is 20.2 Å². The number of hydrogen-bond donors (Lipinski definition) is 1. The molecule has 8 nitrogen and oxygen atoms in total. The molecular formula is C22H30N2O6. The van der Waals surface area contributed by atoms with E-state index in [9.17, 15) is 14.4 Å². The van der Waals surface area contributed by atoms with Gasteiger partial charge >= 0.3 is 18.0 Å². The van der Waals surface area contributed by atoms with Gasteiger partial charge in [-0.1, -0.05) is 30.3 Å². The van der Waals surface area contributed by atoms with E-state index in [0.29, 0.717) is 19.4 Å². The predicted molar refractivity (Wildman–Crippen MR) is 110 cm³/mol. The molecule has 0 aliphatic carbocycles. The van der Waals surface area contributed by atoms with Crippen molar-refractivity contribution in [3.8, 4) is 0 Å². The summed E-state index contributed by atoms with van der Waals surface area (Å²) in [6.07, 6.45) is 0.835. The number of rotatable bonds is 5. The van der Waals surface area contributed by atoms with E-state index in [-0.39, 0.29) is 30.3 Å². The third-order valence-electron chi connectivity index (χ3n) is 4.61. The van der Waals surface area contributed by atoms with Gasteiger partial charge in [-0.05, 0) is 39.2 Å². The summed E-state index contributed by atoms with van der Waals surface area (Å²) < 4.78 is 15.5. The Morgan fingerprint density at radius 2 is 1.80 bits per heavy atom. The van der Waals surface area contributed by atoms with Gasteiger partial charge < -0.3 is 24.8 Å². The van der Waals surface area contributed by atoms with Crippen LogP contribution in [-0.2, 0) is 30.4 Å². The summed E-state index contributed by atoms with van der Waals surface area (Å²) in [7, 11) is 1.17. The van der Waals surface area contributed by atoms with Gasteiger partial charge in [-0.15, -0.1) is 0 Å². The van der Waals surface area contributed by atoms with Crippen molar-refractivity contribution >= 4 is 18.0 Å². The minimum Gasteiger partial charge on any atom is -0.465 e. The topological polar surface area (TPSA) is 108 Å². The van der Waals surface area contributed by atoms with Crippen LogP contribution in [0.1, 0.15) is 39.2 Å². The van der Waals surface area contributed by atoms with Crippen molar-refractivity contribution in [3.63, 3.8) is 0 Å². The molecule has 0 bridgehead atoms. The van der Waals surface area contributed by atoms with Gasteiger partial charge in [0.2, 0.25) is 0 Å². The van der Waals surface area contributed by atoms with Gasteiger partial charge in [-0.3, -0.25) is 0 Å². The molecule has 1 saturated heterocycles. The van der Waals surface area contributed by atoms with Gasteiger partial charge in [0.25, 0.3) is 0 Å². The number of nitrogens with two attached hydrogens (primary N) is 1. The molecule has 0 spiro atoms. The van der Waals surface area contributed by atoms with E-state index in [1.54, 1.807) is 32.9 Å². The van der Waals surface area contributed by atoms with E-state index in [1.165, 1.54) is 12.0 Å². The number of carbonyl (C=O) groups is 3. The molecule has 1 atom stereocenters. The van der Waals surface area contributed by atoms with Crippen LogP contribution in [0.15, 0.2) is 41.6 Å². The van der Waals surface area contributed by atoms with Gasteiger partial charge in [0.05, 0.1) is 7.11 Å². The standard InChI is InChI=1S/C22H30N2O6/c1-22(2,3)30-21(27)24-12-8-11-16(13-24)18(23)17(19(25)28-4)20(26)29-14-15-9-6-5-7-10-15/h5-7,9-10,16H,8,11-14,23H2,1-4H3. The molecule has 0 aromatic heterocycles. The highest BCUT2D eigenvalue weighted by molar-refractivity contribution is 6.14. The largest absolute Gasteiger partial charge is 0.465 e. The van der Waals surface area contributed by atoms with E-state index < -0.39 is 23.6 Å². The maximum Gasteiger partial charge on any atom is 0.410 e. The molecule has 0 radical (unpaired) electrons. The van der Waals surface area contributed by atoms with E-state index in [2.05, 4.69) is 0 Å². The fourth-order valence-electron chi connectivity index (χ4n) is 3.14. The molecule has 2 N–H and O–H groups in total. The molecule has 2 rings (SSSR count).